The van der Waals surface area contributed by atoms with Crippen molar-refractivity contribution >= 4 is 23.3 Å². The molecule has 0 aliphatic carbocycles. The number of nitrogens with zero attached hydrogens (tertiary/aromatic N) is 2. The van der Waals surface area contributed by atoms with Crippen LogP contribution in [0.2, 0.25) is 0 Å². The van der Waals surface area contributed by atoms with Crippen LogP contribution in [0.5, 0.6) is 0 Å². The van der Waals surface area contributed by atoms with Gasteiger partial charge in [-0.15, -0.1) is 0 Å². The maximum absolute atomic E-state index is 12.4. The summed E-state index contributed by atoms with van der Waals surface area (Å²) in [6.45, 7) is 2.70. The topological polar surface area (TPSA) is 70.1 Å². The van der Waals surface area contributed by atoms with Gasteiger partial charge < -0.3 is 19.6 Å². The van der Waals surface area contributed by atoms with E-state index < -0.39 is 5.97 Å². The number of aromatic carboxylic acids is 1. The first-order valence-corrected chi connectivity index (χ1v) is 9.27. The number of likely N-dealkylation sites (N-methyl/N-ethyl adjacent to an activating group) is 1. The molecule has 1 amide bonds. The van der Waals surface area contributed by atoms with Crippen LogP contribution >= 0.6 is 0 Å². The monoisotopic (exact) mass is 364 g/mol. The summed E-state index contributed by atoms with van der Waals surface area (Å²) in [5.74, 6) is -1.31. The molecule has 0 fully saturated rings. The van der Waals surface area contributed by atoms with Crippen LogP contribution in [0.4, 0.5) is 11.4 Å². The number of carbonyl (C=O) groups is 2. The number of hydrogen-bond acceptors (Lipinski definition) is 4. The molecule has 0 spiro atoms. The van der Waals surface area contributed by atoms with Gasteiger partial charge in [0.05, 0.1) is 11.3 Å². The summed E-state index contributed by atoms with van der Waals surface area (Å²) in [6, 6.07) is 4.95. The Kier molecular flexibility index (Phi) is 9.73. The van der Waals surface area contributed by atoms with Crippen LogP contribution in [0.25, 0.3) is 0 Å². The molecule has 0 aliphatic heterocycles. The van der Waals surface area contributed by atoms with Gasteiger partial charge in [-0.3, -0.25) is 4.79 Å². The van der Waals surface area contributed by atoms with E-state index in [4.69, 9.17) is 4.74 Å². The second-order valence-corrected chi connectivity index (χ2v) is 6.67. The van der Waals surface area contributed by atoms with Crippen LogP contribution in [0.3, 0.4) is 0 Å². The number of unbranched alkanes of at least 4 members (excludes halogenated alkanes) is 5. The molecule has 1 rings (SSSR count). The van der Waals surface area contributed by atoms with Gasteiger partial charge in [-0.1, -0.05) is 39.0 Å². The first-order chi connectivity index (χ1) is 12.4. The highest BCUT2D eigenvalue weighted by molar-refractivity contribution is 6.02. The van der Waals surface area contributed by atoms with E-state index in [1.54, 1.807) is 19.2 Å². The van der Waals surface area contributed by atoms with E-state index in [2.05, 4.69) is 6.92 Å². The summed E-state index contributed by atoms with van der Waals surface area (Å²) in [6.07, 6.45) is 6.99. The Morgan fingerprint density at radius 1 is 1.04 bits per heavy atom. The smallest absolute Gasteiger partial charge is 0.337 e. The highest BCUT2D eigenvalue weighted by atomic mass is 16.5. The quantitative estimate of drug-likeness (QED) is 0.571. The minimum absolute atomic E-state index is 0.0449. The molecule has 0 saturated carbocycles. The Morgan fingerprint density at radius 2 is 1.69 bits per heavy atom. The van der Waals surface area contributed by atoms with E-state index >= 15 is 0 Å². The van der Waals surface area contributed by atoms with Crippen molar-refractivity contribution in [2.75, 3.05) is 44.2 Å². The Balaban J connectivity index is 2.56. The number of ether oxygens (including phenoxy) is 1. The van der Waals surface area contributed by atoms with Crippen molar-refractivity contribution < 1.29 is 19.4 Å². The fraction of sp³-hybridized carbons (Fsp3) is 0.600. The number of rotatable bonds is 12. The Labute approximate surface area is 156 Å². The van der Waals surface area contributed by atoms with Gasteiger partial charge in [0.25, 0.3) is 5.91 Å². The van der Waals surface area contributed by atoms with Crippen LogP contribution in [-0.4, -0.2) is 51.3 Å². The van der Waals surface area contributed by atoms with Crippen LogP contribution in [0.1, 0.15) is 55.8 Å². The largest absolute Gasteiger partial charge is 0.478 e. The molecule has 0 aliphatic rings. The van der Waals surface area contributed by atoms with Crippen molar-refractivity contribution in [3.8, 4) is 0 Å². The molecular weight excluding hydrogens is 332 g/mol. The van der Waals surface area contributed by atoms with Crippen molar-refractivity contribution in [2.45, 2.75) is 45.4 Å². The van der Waals surface area contributed by atoms with E-state index in [0.29, 0.717) is 12.3 Å². The third-order valence-corrected chi connectivity index (χ3v) is 4.33. The van der Waals surface area contributed by atoms with Crippen LogP contribution in [0.15, 0.2) is 18.2 Å². The zero-order valence-corrected chi connectivity index (χ0v) is 16.5. The summed E-state index contributed by atoms with van der Waals surface area (Å²) in [5, 5.41) is 9.38. The summed E-state index contributed by atoms with van der Waals surface area (Å²) < 4.78 is 5.47. The van der Waals surface area contributed by atoms with E-state index in [0.717, 1.165) is 18.5 Å². The van der Waals surface area contributed by atoms with Crippen LogP contribution < -0.4 is 9.80 Å². The second kappa shape index (κ2) is 11.5. The molecule has 0 aromatic heterocycles. The maximum atomic E-state index is 12.4. The van der Waals surface area contributed by atoms with Crippen molar-refractivity contribution in [2.24, 2.45) is 0 Å². The van der Waals surface area contributed by atoms with Gasteiger partial charge in [0, 0.05) is 33.4 Å². The van der Waals surface area contributed by atoms with Gasteiger partial charge in [-0.2, -0.15) is 0 Å². The number of amides is 1. The van der Waals surface area contributed by atoms with Gasteiger partial charge in [0.1, 0.15) is 6.61 Å². The maximum Gasteiger partial charge on any atom is 0.337 e. The molecule has 146 valence electrons. The normalized spacial score (nSPS) is 10.6. The molecule has 0 bridgehead atoms. The summed E-state index contributed by atoms with van der Waals surface area (Å²) >= 11 is 0. The molecule has 6 heteroatoms. The minimum atomic E-state index is -1.06. The number of benzene rings is 1. The molecule has 1 N–H and O–H groups in total. The zero-order valence-electron chi connectivity index (χ0n) is 16.5. The number of hydrogen-bond donors (Lipinski definition) is 1. The first kappa shape index (κ1) is 22.0. The number of carboxylic acid groups (broad SMARTS) is 1. The lowest BCUT2D eigenvalue weighted by Gasteiger charge is -2.22. The Bertz CT molecular complexity index is 587. The standard InChI is InChI=1S/C20H32N2O4/c1-5-6-7-8-9-10-13-26-15-19(23)22(4)18-14-16(21(2)3)11-12-17(18)20(24)25/h11-12,14H,5-10,13,15H2,1-4H3,(H,24,25). The minimum Gasteiger partial charge on any atom is -0.478 e. The van der Waals surface area contributed by atoms with Crippen molar-refractivity contribution in [1.82, 2.24) is 0 Å². The average molecular weight is 364 g/mol. The van der Waals surface area contributed by atoms with Gasteiger partial charge in [-0.05, 0) is 24.6 Å². The Hall–Kier alpha value is -2.08. The third-order valence-electron chi connectivity index (χ3n) is 4.33. The SMILES string of the molecule is CCCCCCCCOCC(=O)N(C)c1cc(N(C)C)ccc1C(=O)O. The van der Waals surface area contributed by atoms with Gasteiger partial charge in [0.15, 0.2) is 0 Å². The molecule has 1 aromatic carbocycles. The van der Waals surface area contributed by atoms with E-state index in [9.17, 15) is 14.7 Å². The molecule has 0 atom stereocenters. The summed E-state index contributed by atoms with van der Waals surface area (Å²) in [5.41, 5.74) is 1.30. The second-order valence-electron chi connectivity index (χ2n) is 6.67. The van der Waals surface area contributed by atoms with Gasteiger partial charge in [0.2, 0.25) is 0 Å². The van der Waals surface area contributed by atoms with Gasteiger partial charge >= 0.3 is 5.97 Å². The molecule has 0 unspecified atom stereocenters. The fourth-order valence-corrected chi connectivity index (χ4v) is 2.63. The molecule has 0 heterocycles. The van der Waals surface area contributed by atoms with Crippen molar-refractivity contribution in [3.63, 3.8) is 0 Å². The van der Waals surface area contributed by atoms with E-state index in [1.165, 1.54) is 36.6 Å². The first-order valence-electron chi connectivity index (χ1n) is 9.27. The lowest BCUT2D eigenvalue weighted by Crippen LogP contribution is -2.31. The third kappa shape index (κ3) is 7.04. The fourth-order valence-electron chi connectivity index (χ4n) is 2.63. The van der Waals surface area contributed by atoms with Crippen molar-refractivity contribution in [1.29, 1.82) is 0 Å². The van der Waals surface area contributed by atoms with E-state index in [-0.39, 0.29) is 18.1 Å². The van der Waals surface area contributed by atoms with E-state index in [1.807, 2.05) is 19.0 Å². The number of anilines is 2. The lowest BCUT2D eigenvalue weighted by atomic mass is 10.1. The van der Waals surface area contributed by atoms with Crippen molar-refractivity contribution in [3.05, 3.63) is 23.8 Å². The van der Waals surface area contributed by atoms with Crippen LogP contribution in [-0.2, 0) is 9.53 Å². The summed E-state index contributed by atoms with van der Waals surface area (Å²) in [4.78, 5) is 27.0. The van der Waals surface area contributed by atoms with Crippen LogP contribution in [0, 0.1) is 0 Å². The molecule has 6 nitrogen and oxygen atoms in total. The zero-order chi connectivity index (χ0) is 19.5. The summed E-state index contributed by atoms with van der Waals surface area (Å²) in [7, 11) is 5.31. The molecular formula is C20H32N2O4. The highest BCUT2D eigenvalue weighted by Crippen LogP contribution is 2.26. The predicted molar refractivity (Wildman–Crippen MR) is 105 cm³/mol. The number of carbonyl (C=O) groups excluding carboxylic acids is 1. The molecule has 0 radical (unpaired) electrons. The molecule has 1 aromatic rings. The van der Waals surface area contributed by atoms with Gasteiger partial charge in [-0.25, -0.2) is 4.79 Å². The Morgan fingerprint density at radius 3 is 2.31 bits per heavy atom. The molecule has 0 saturated heterocycles. The average Bonchev–Trinajstić information content (AvgIpc) is 2.62. The lowest BCUT2D eigenvalue weighted by molar-refractivity contribution is -0.122. The highest BCUT2D eigenvalue weighted by Gasteiger charge is 2.19. The number of carboxylic acids is 1. The molecule has 26 heavy (non-hydrogen) atoms. The predicted octanol–water partition coefficient (Wildman–Crippen LogP) is 3.79.